The largest absolute Gasteiger partial charge is 0.392 e. The maximum absolute atomic E-state index is 10.8. The monoisotopic (exact) mass is 239 g/mol. The van der Waals surface area contributed by atoms with E-state index < -0.39 is 0 Å². The molecule has 0 aromatic heterocycles. The molecule has 92 valence electrons. The summed E-state index contributed by atoms with van der Waals surface area (Å²) < 4.78 is 5.25. The zero-order chi connectivity index (χ0) is 12.3. The van der Waals surface area contributed by atoms with Crippen LogP contribution in [0.3, 0.4) is 0 Å². The molecule has 0 saturated carbocycles. The number of benzene rings is 1. The van der Waals surface area contributed by atoms with Crippen LogP contribution in [0.1, 0.15) is 5.56 Å². The average molecular weight is 239 g/mol. The predicted octanol–water partition coefficient (Wildman–Crippen LogP) is 0.815. The van der Waals surface area contributed by atoms with Crippen LogP contribution in [0.5, 0.6) is 0 Å². The summed E-state index contributed by atoms with van der Waals surface area (Å²) in [5, 5.41) is 18.1. The van der Waals surface area contributed by atoms with Crippen LogP contribution in [0.4, 0.5) is 11.4 Å². The van der Waals surface area contributed by atoms with Crippen molar-refractivity contribution in [1.29, 1.82) is 0 Å². The second kappa shape index (κ2) is 5.11. The van der Waals surface area contributed by atoms with Gasteiger partial charge in [-0.2, -0.15) is 0 Å². The number of hydrogen-bond donors (Lipinski definition) is 2. The summed E-state index contributed by atoms with van der Waals surface area (Å²) in [6.45, 7) is 2.65. The van der Waals surface area contributed by atoms with Crippen LogP contribution in [0.15, 0.2) is 18.2 Å². The van der Waals surface area contributed by atoms with Crippen molar-refractivity contribution in [2.75, 3.05) is 31.2 Å². The van der Waals surface area contributed by atoms with Gasteiger partial charge in [0, 0.05) is 36.5 Å². The summed E-state index contributed by atoms with van der Waals surface area (Å²) in [6, 6.07) is 4.74. The standard InChI is InChI=1S/C11H15N2O4/c14-8-9-7-10(13(15)16)1-2-11(9)12-3-5-17-6-4-12/h1-2,7,14H,3-6,8H2,(H,15,16)/q+1. The Morgan fingerprint density at radius 1 is 1.35 bits per heavy atom. The Balaban J connectivity index is 2.29. The number of anilines is 1. The molecule has 0 radical (unpaired) electrons. The van der Waals surface area contributed by atoms with Crippen molar-refractivity contribution in [2.45, 2.75) is 6.61 Å². The normalized spacial score (nSPS) is 15.9. The molecule has 17 heavy (non-hydrogen) atoms. The van der Waals surface area contributed by atoms with E-state index in [1.165, 1.54) is 12.1 Å². The zero-order valence-corrected chi connectivity index (χ0v) is 9.37. The van der Waals surface area contributed by atoms with Crippen LogP contribution in [-0.4, -0.2) is 41.5 Å². The van der Waals surface area contributed by atoms with E-state index in [4.69, 9.17) is 9.94 Å². The number of ether oxygens (including phenoxy) is 1. The van der Waals surface area contributed by atoms with Crippen molar-refractivity contribution in [3.63, 3.8) is 0 Å². The molecular weight excluding hydrogens is 224 g/mol. The number of rotatable bonds is 3. The van der Waals surface area contributed by atoms with E-state index in [-0.39, 0.29) is 17.2 Å². The third-order valence-electron chi connectivity index (χ3n) is 2.81. The Morgan fingerprint density at radius 2 is 2.06 bits per heavy atom. The Labute approximate surface area is 98.6 Å². The number of morpholine rings is 1. The molecule has 1 aromatic carbocycles. The Kier molecular flexibility index (Phi) is 3.55. The van der Waals surface area contributed by atoms with Gasteiger partial charge in [-0.15, -0.1) is 0 Å². The molecule has 2 N–H and O–H groups in total. The third kappa shape index (κ3) is 2.54. The lowest BCUT2D eigenvalue weighted by atomic mass is 10.1. The molecule has 0 amide bonds. The molecule has 1 fully saturated rings. The molecular formula is C11H15N2O4+. The minimum absolute atomic E-state index is 0.117. The van der Waals surface area contributed by atoms with Crippen LogP contribution in [-0.2, 0) is 11.3 Å². The van der Waals surface area contributed by atoms with Gasteiger partial charge in [-0.1, -0.05) is 0 Å². The van der Waals surface area contributed by atoms with Gasteiger partial charge in [0.2, 0.25) is 0 Å². The van der Waals surface area contributed by atoms with Gasteiger partial charge < -0.3 is 14.7 Å². The Morgan fingerprint density at radius 3 is 2.65 bits per heavy atom. The maximum Gasteiger partial charge on any atom is 0.317 e. The lowest BCUT2D eigenvalue weighted by molar-refractivity contribution is -0.729. The van der Waals surface area contributed by atoms with Gasteiger partial charge in [-0.3, -0.25) is 0 Å². The summed E-state index contributed by atoms with van der Waals surface area (Å²) in [7, 11) is 0. The van der Waals surface area contributed by atoms with E-state index in [1.807, 2.05) is 0 Å². The summed E-state index contributed by atoms with van der Waals surface area (Å²) in [4.78, 5) is 12.6. The lowest BCUT2D eigenvalue weighted by Gasteiger charge is -2.30. The first kappa shape index (κ1) is 11.8. The van der Waals surface area contributed by atoms with Crippen molar-refractivity contribution in [2.24, 2.45) is 0 Å². The Hall–Kier alpha value is -1.66. The first-order valence-corrected chi connectivity index (χ1v) is 5.45. The molecule has 0 aliphatic carbocycles. The molecule has 0 atom stereocenters. The smallest absolute Gasteiger partial charge is 0.317 e. The highest BCUT2D eigenvalue weighted by molar-refractivity contribution is 5.57. The van der Waals surface area contributed by atoms with E-state index in [0.717, 1.165) is 18.8 Å². The lowest BCUT2D eigenvalue weighted by Crippen LogP contribution is -2.36. The highest BCUT2D eigenvalue weighted by Crippen LogP contribution is 2.26. The van der Waals surface area contributed by atoms with Crippen LogP contribution in [0.2, 0.25) is 0 Å². The van der Waals surface area contributed by atoms with Crippen LogP contribution in [0.25, 0.3) is 0 Å². The predicted molar refractivity (Wildman–Crippen MR) is 60.5 cm³/mol. The molecule has 1 aromatic rings. The molecule has 1 aliphatic heterocycles. The average Bonchev–Trinajstić information content (AvgIpc) is 2.39. The maximum atomic E-state index is 10.8. The van der Waals surface area contributed by atoms with Crippen LogP contribution < -0.4 is 4.90 Å². The first-order chi connectivity index (χ1) is 8.22. The fourth-order valence-corrected chi connectivity index (χ4v) is 1.93. The minimum atomic E-state index is -0.206. The minimum Gasteiger partial charge on any atom is -0.392 e. The number of aliphatic hydroxyl groups is 1. The number of nitrogens with zero attached hydrogens (tertiary/aromatic N) is 2. The van der Waals surface area contributed by atoms with Crippen molar-refractivity contribution < 1.29 is 20.0 Å². The summed E-state index contributed by atoms with van der Waals surface area (Å²) in [6.07, 6.45) is 0. The summed E-state index contributed by atoms with van der Waals surface area (Å²) >= 11 is 0. The van der Waals surface area contributed by atoms with Crippen LogP contribution in [0, 0.1) is 4.91 Å². The van der Waals surface area contributed by atoms with Crippen molar-refractivity contribution in [1.82, 2.24) is 0 Å². The summed E-state index contributed by atoms with van der Waals surface area (Å²) in [5.74, 6) is 0. The van der Waals surface area contributed by atoms with Gasteiger partial charge in [0.15, 0.2) is 0 Å². The van der Waals surface area contributed by atoms with Crippen molar-refractivity contribution in [3.05, 3.63) is 28.7 Å². The van der Waals surface area contributed by atoms with Gasteiger partial charge in [0.25, 0.3) is 4.92 Å². The highest BCUT2D eigenvalue weighted by atomic mass is 16.6. The van der Waals surface area contributed by atoms with Gasteiger partial charge in [-0.05, 0) is 6.07 Å². The molecule has 1 saturated heterocycles. The van der Waals surface area contributed by atoms with Gasteiger partial charge in [0.05, 0.1) is 24.7 Å². The van der Waals surface area contributed by atoms with E-state index >= 15 is 0 Å². The van der Waals surface area contributed by atoms with Gasteiger partial charge >= 0.3 is 5.69 Å². The third-order valence-corrected chi connectivity index (χ3v) is 2.81. The molecule has 1 heterocycles. The van der Waals surface area contributed by atoms with Gasteiger partial charge in [-0.25, -0.2) is 5.21 Å². The van der Waals surface area contributed by atoms with Crippen molar-refractivity contribution in [3.8, 4) is 0 Å². The molecule has 6 nitrogen and oxygen atoms in total. The quantitative estimate of drug-likeness (QED) is 0.764. The van der Waals surface area contributed by atoms with Crippen molar-refractivity contribution >= 4 is 11.4 Å². The first-order valence-electron chi connectivity index (χ1n) is 5.45. The molecule has 6 heteroatoms. The van der Waals surface area contributed by atoms with E-state index in [9.17, 15) is 10.0 Å². The summed E-state index contributed by atoms with van der Waals surface area (Å²) in [5.41, 5.74) is 1.62. The topological polar surface area (TPSA) is 73.0 Å². The molecule has 2 rings (SSSR count). The highest BCUT2D eigenvalue weighted by Gasteiger charge is 2.19. The fraction of sp³-hybridized carbons (Fsp3) is 0.455. The SMILES string of the molecule is O=[N+](O)c1ccc(N2CCOCC2)c(CO)c1. The van der Waals surface area contributed by atoms with E-state index in [0.29, 0.717) is 18.8 Å². The second-order valence-corrected chi connectivity index (χ2v) is 3.84. The fourth-order valence-electron chi connectivity index (χ4n) is 1.93. The molecule has 0 unspecified atom stereocenters. The van der Waals surface area contributed by atoms with Gasteiger partial charge in [0.1, 0.15) is 0 Å². The molecule has 0 bridgehead atoms. The number of aliphatic hydroxyl groups excluding tert-OH is 1. The van der Waals surface area contributed by atoms with E-state index in [2.05, 4.69) is 4.90 Å². The zero-order valence-electron chi connectivity index (χ0n) is 9.37. The van der Waals surface area contributed by atoms with Crippen LogP contribution >= 0.6 is 0 Å². The Bertz CT molecular complexity index is 416. The molecule has 1 aliphatic rings. The second-order valence-electron chi connectivity index (χ2n) is 3.84. The van der Waals surface area contributed by atoms with E-state index in [1.54, 1.807) is 6.07 Å². The molecule has 0 spiro atoms. The number of hydrogen-bond acceptors (Lipinski definition) is 4.